The van der Waals surface area contributed by atoms with E-state index in [0.717, 1.165) is 12.2 Å². The Kier molecular flexibility index (Phi) is 4.62. The van der Waals surface area contributed by atoms with E-state index in [0.29, 0.717) is 0 Å². The highest BCUT2D eigenvalue weighted by atomic mass is 16.5. The highest BCUT2D eigenvalue weighted by Gasteiger charge is 2.10. The van der Waals surface area contributed by atoms with Crippen molar-refractivity contribution in [3.63, 3.8) is 0 Å². The lowest BCUT2D eigenvalue weighted by molar-refractivity contribution is -0.135. The number of ether oxygens (including phenoxy) is 1. The van der Waals surface area contributed by atoms with Gasteiger partial charge in [0.25, 0.3) is 0 Å². The van der Waals surface area contributed by atoms with Crippen molar-refractivity contribution in [3.05, 3.63) is 42.0 Å². The van der Waals surface area contributed by atoms with Gasteiger partial charge in [0.1, 0.15) is 0 Å². The minimum Gasteiger partial charge on any atom is -0.478 e. The molecular weight excluding hydrogens is 238 g/mol. The summed E-state index contributed by atoms with van der Waals surface area (Å²) in [6.07, 6.45) is 1.91. The Morgan fingerprint density at radius 1 is 1.22 bits per heavy atom. The van der Waals surface area contributed by atoms with Crippen LogP contribution in [0, 0.1) is 0 Å². The van der Waals surface area contributed by atoms with E-state index in [9.17, 15) is 14.4 Å². The second-order valence-corrected chi connectivity index (χ2v) is 3.20. The first kappa shape index (κ1) is 13.4. The molecule has 0 saturated heterocycles. The van der Waals surface area contributed by atoms with E-state index in [1.165, 1.54) is 19.2 Å². The summed E-state index contributed by atoms with van der Waals surface area (Å²) in [6, 6.07) is 5.95. The summed E-state index contributed by atoms with van der Waals surface area (Å²) in [4.78, 5) is 33.0. The molecular formula is C12H11NO5. The number of carbonyl (C=O) groups is 3. The van der Waals surface area contributed by atoms with Gasteiger partial charge in [-0.2, -0.15) is 0 Å². The number of anilines is 1. The molecule has 0 saturated carbocycles. The lowest BCUT2D eigenvalue weighted by Crippen LogP contribution is -2.12. The maximum atomic E-state index is 11.4. The smallest absolute Gasteiger partial charge is 0.337 e. The molecule has 6 heteroatoms. The van der Waals surface area contributed by atoms with E-state index >= 15 is 0 Å². The van der Waals surface area contributed by atoms with Crippen LogP contribution < -0.4 is 5.32 Å². The highest BCUT2D eigenvalue weighted by molar-refractivity contribution is 6.06. The third kappa shape index (κ3) is 3.75. The van der Waals surface area contributed by atoms with E-state index in [1.807, 2.05) is 0 Å². The van der Waals surface area contributed by atoms with Crippen LogP contribution in [-0.2, 0) is 14.3 Å². The van der Waals surface area contributed by atoms with Gasteiger partial charge in [-0.1, -0.05) is 12.1 Å². The van der Waals surface area contributed by atoms with Crippen LogP contribution >= 0.6 is 0 Å². The lowest BCUT2D eigenvalue weighted by atomic mass is 10.2. The lowest BCUT2D eigenvalue weighted by Gasteiger charge is -2.05. The number of aromatic carboxylic acids is 1. The molecule has 0 fully saturated rings. The number of hydrogen-bond acceptors (Lipinski definition) is 4. The Labute approximate surface area is 103 Å². The summed E-state index contributed by atoms with van der Waals surface area (Å²) in [5.74, 6) is -2.44. The fourth-order valence-corrected chi connectivity index (χ4v) is 1.16. The zero-order valence-electron chi connectivity index (χ0n) is 9.54. The SMILES string of the molecule is COC(=O)/C=C\C(=O)Nc1ccccc1C(=O)O. The summed E-state index contributed by atoms with van der Waals surface area (Å²) in [7, 11) is 1.18. The number of carbonyl (C=O) groups excluding carboxylic acids is 2. The van der Waals surface area contributed by atoms with Gasteiger partial charge in [-0.15, -0.1) is 0 Å². The van der Waals surface area contributed by atoms with Gasteiger partial charge >= 0.3 is 11.9 Å². The average molecular weight is 249 g/mol. The Morgan fingerprint density at radius 2 is 1.89 bits per heavy atom. The van der Waals surface area contributed by atoms with Crippen LogP contribution in [0.25, 0.3) is 0 Å². The second-order valence-electron chi connectivity index (χ2n) is 3.20. The summed E-state index contributed by atoms with van der Waals surface area (Å²) in [5, 5.41) is 11.2. The Hall–Kier alpha value is -2.63. The zero-order valence-corrected chi connectivity index (χ0v) is 9.54. The van der Waals surface area contributed by atoms with E-state index in [1.54, 1.807) is 12.1 Å². The second kappa shape index (κ2) is 6.19. The molecule has 0 aliphatic heterocycles. The minimum atomic E-state index is -1.15. The van der Waals surface area contributed by atoms with Crippen LogP contribution in [0.3, 0.4) is 0 Å². The number of para-hydroxylation sites is 1. The van der Waals surface area contributed by atoms with Crippen molar-refractivity contribution in [1.29, 1.82) is 0 Å². The third-order valence-electron chi connectivity index (χ3n) is 1.99. The fraction of sp³-hybridized carbons (Fsp3) is 0.0833. The minimum absolute atomic E-state index is 0.0303. The summed E-state index contributed by atoms with van der Waals surface area (Å²) in [5.41, 5.74) is 0.127. The maximum Gasteiger partial charge on any atom is 0.337 e. The molecule has 1 rings (SSSR count). The Morgan fingerprint density at radius 3 is 2.50 bits per heavy atom. The number of nitrogens with one attached hydrogen (secondary N) is 1. The van der Waals surface area contributed by atoms with Gasteiger partial charge in [0.05, 0.1) is 18.4 Å². The topological polar surface area (TPSA) is 92.7 Å². The van der Waals surface area contributed by atoms with Crippen molar-refractivity contribution < 1.29 is 24.2 Å². The van der Waals surface area contributed by atoms with Gasteiger partial charge in [-0.05, 0) is 12.1 Å². The van der Waals surface area contributed by atoms with Crippen LogP contribution in [0.1, 0.15) is 10.4 Å². The number of hydrogen-bond donors (Lipinski definition) is 2. The average Bonchev–Trinajstić information content (AvgIpc) is 2.36. The molecule has 1 aromatic rings. The number of carboxylic acid groups (broad SMARTS) is 1. The summed E-state index contributed by atoms with van der Waals surface area (Å²) >= 11 is 0. The highest BCUT2D eigenvalue weighted by Crippen LogP contribution is 2.14. The largest absolute Gasteiger partial charge is 0.478 e. The van der Waals surface area contributed by atoms with Crippen molar-refractivity contribution in [2.45, 2.75) is 0 Å². The van der Waals surface area contributed by atoms with Crippen LogP contribution in [0.2, 0.25) is 0 Å². The van der Waals surface area contributed by atoms with Crippen LogP contribution in [0.15, 0.2) is 36.4 Å². The first-order chi connectivity index (χ1) is 8.54. The third-order valence-corrected chi connectivity index (χ3v) is 1.99. The van der Waals surface area contributed by atoms with Crippen molar-refractivity contribution in [1.82, 2.24) is 0 Å². The first-order valence-corrected chi connectivity index (χ1v) is 4.94. The van der Waals surface area contributed by atoms with Crippen molar-refractivity contribution in [3.8, 4) is 0 Å². The van der Waals surface area contributed by atoms with Crippen LogP contribution in [0.5, 0.6) is 0 Å². The maximum absolute atomic E-state index is 11.4. The molecule has 0 aliphatic carbocycles. The predicted octanol–water partition coefficient (Wildman–Crippen LogP) is 1.05. The Bertz CT molecular complexity index is 507. The molecule has 0 radical (unpaired) electrons. The summed E-state index contributed by atoms with van der Waals surface area (Å²) in [6.45, 7) is 0. The molecule has 1 aromatic carbocycles. The van der Waals surface area contributed by atoms with Crippen molar-refractivity contribution in [2.75, 3.05) is 12.4 Å². The molecule has 2 N–H and O–H groups in total. The standard InChI is InChI=1S/C12H11NO5/c1-18-11(15)7-6-10(14)13-9-5-3-2-4-8(9)12(16)17/h2-7H,1H3,(H,13,14)(H,16,17)/b7-6-. The monoisotopic (exact) mass is 249 g/mol. The molecule has 0 bridgehead atoms. The number of benzene rings is 1. The first-order valence-electron chi connectivity index (χ1n) is 4.94. The molecule has 0 unspecified atom stereocenters. The van der Waals surface area contributed by atoms with Gasteiger partial charge in [0.15, 0.2) is 0 Å². The Balaban J connectivity index is 2.79. The number of rotatable bonds is 4. The van der Waals surface area contributed by atoms with Crippen molar-refractivity contribution >= 4 is 23.5 Å². The fourth-order valence-electron chi connectivity index (χ4n) is 1.16. The van der Waals surface area contributed by atoms with Crippen LogP contribution in [0.4, 0.5) is 5.69 Å². The quantitative estimate of drug-likeness (QED) is 0.614. The van der Waals surface area contributed by atoms with Gasteiger partial charge in [-0.25, -0.2) is 9.59 Å². The number of carboxylic acids is 1. The van der Waals surface area contributed by atoms with Gasteiger partial charge in [0.2, 0.25) is 5.91 Å². The molecule has 0 atom stereocenters. The normalized spacial score (nSPS) is 10.1. The molecule has 0 heterocycles. The molecule has 18 heavy (non-hydrogen) atoms. The van der Waals surface area contributed by atoms with Gasteiger partial charge in [-0.3, -0.25) is 4.79 Å². The van der Waals surface area contributed by atoms with Crippen molar-refractivity contribution in [2.24, 2.45) is 0 Å². The molecule has 1 amide bonds. The van der Waals surface area contributed by atoms with E-state index in [2.05, 4.69) is 10.1 Å². The molecule has 0 aliphatic rings. The molecule has 94 valence electrons. The summed E-state index contributed by atoms with van der Waals surface area (Å²) < 4.78 is 4.31. The molecule has 6 nitrogen and oxygen atoms in total. The van der Waals surface area contributed by atoms with Gasteiger partial charge in [0, 0.05) is 12.2 Å². The zero-order chi connectivity index (χ0) is 13.5. The van der Waals surface area contributed by atoms with Crippen LogP contribution in [-0.4, -0.2) is 30.1 Å². The predicted molar refractivity (Wildman–Crippen MR) is 63.2 cm³/mol. The van der Waals surface area contributed by atoms with E-state index in [-0.39, 0.29) is 11.3 Å². The molecule has 0 aromatic heterocycles. The number of amides is 1. The van der Waals surface area contributed by atoms with E-state index < -0.39 is 17.8 Å². The van der Waals surface area contributed by atoms with Gasteiger partial charge < -0.3 is 15.2 Å². The number of methoxy groups -OCH3 is 1. The van der Waals surface area contributed by atoms with E-state index in [4.69, 9.17) is 5.11 Å². The molecule has 0 spiro atoms. The number of esters is 1.